The second kappa shape index (κ2) is 12.3. The third-order valence-electron chi connectivity index (χ3n) is 7.11. The maximum absolute atomic E-state index is 14.1. The molecule has 42 heavy (non-hydrogen) atoms. The van der Waals surface area contributed by atoms with E-state index in [1.54, 1.807) is 0 Å². The summed E-state index contributed by atoms with van der Waals surface area (Å²) in [6.45, 7) is 1.16. The highest BCUT2D eigenvalue weighted by molar-refractivity contribution is 5.97. The van der Waals surface area contributed by atoms with E-state index in [1.165, 1.54) is 0 Å². The van der Waals surface area contributed by atoms with Crippen LogP contribution >= 0.6 is 0 Å². The van der Waals surface area contributed by atoms with Crippen molar-refractivity contribution in [2.45, 2.75) is 37.7 Å². The summed E-state index contributed by atoms with van der Waals surface area (Å²) in [4.78, 5) is 30.7. The van der Waals surface area contributed by atoms with Crippen LogP contribution in [0.5, 0.6) is 5.75 Å². The topological polar surface area (TPSA) is 76.6 Å². The van der Waals surface area contributed by atoms with Crippen LogP contribution in [0.4, 0.5) is 51.7 Å². The minimum absolute atomic E-state index is 0.0227. The average Bonchev–Trinajstić information content (AvgIpc) is 3.27. The molecule has 1 atom stereocenters. The van der Waals surface area contributed by atoms with E-state index >= 15 is 0 Å². The number of nitrogens with zero attached hydrogens (tertiary/aromatic N) is 4. The van der Waals surface area contributed by atoms with Crippen LogP contribution in [0.3, 0.4) is 0 Å². The van der Waals surface area contributed by atoms with Crippen molar-refractivity contribution in [1.82, 2.24) is 9.80 Å². The SMILES string of the molecule is CN(C(=O)Oc1c(N2CCN(CC(O)CN3CCCCC3)C2=O)cc(C(F)(F)F)cc1C(F)(F)F)c1ccc(F)cc1. The summed E-state index contributed by atoms with van der Waals surface area (Å²) in [7, 11) is 1.11. The number of anilines is 2. The fraction of sp³-hybridized carbons (Fsp3) is 0.481. The van der Waals surface area contributed by atoms with Gasteiger partial charge in [-0.25, -0.2) is 14.0 Å². The van der Waals surface area contributed by atoms with Crippen LogP contribution < -0.4 is 14.5 Å². The molecule has 0 radical (unpaired) electrons. The molecule has 8 nitrogen and oxygen atoms in total. The molecule has 0 bridgehead atoms. The van der Waals surface area contributed by atoms with Crippen molar-refractivity contribution in [3.8, 4) is 5.75 Å². The number of benzene rings is 2. The van der Waals surface area contributed by atoms with Crippen molar-refractivity contribution in [3.63, 3.8) is 0 Å². The summed E-state index contributed by atoms with van der Waals surface area (Å²) >= 11 is 0. The molecule has 0 spiro atoms. The van der Waals surface area contributed by atoms with Gasteiger partial charge in [-0.15, -0.1) is 0 Å². The third kappa shape index (κ3) is 7.24. The zero-order valence-corrected chi connectivity index (χ0v) is 22.5. The van der Waals surface area contributed by atoms with E-state index in [9.17, 15) is 45.4 Å². The zero-order valence-electron chi connectivity index (χ0n) is 22.5. The fourth-order valence-electron chi connectivity index (χ4n) is 4.95. The number of ether oxygens (including phenoxy) is 1. The first kappa shape index (κ1) is 31.3. The van der Waals surface area contributed by atoms with Gasteiger partial charge in [0, 0.05) is 38.9 Å². The first-order chi connectivity index (χ1) is 19.6. The maximum Gasteiger partial charge on any atom is 0.420 e. The van der Waals surface area contributed by atoms with Gasteiger partial charge in [-0.1, -0.05) is 6.42 Å². The van der Waals surface area contributed by atoms with Crippen LogP contribution in [0.2, 0.25) is 0 Å². The molecule has 2 heterocycles. The Labute approximate surface area is 236 Å². The lowest BCUT2D eigenvalue weighted by molar-refractivity contribution is -0.143. The Kier molecular flexibility index (Phi) is 9.21. The highest BCUT2D eigenvalue weighted by Crippen LogP contribution is 2.47. The number of carbonyl (C=O) groups is 2. The molecule has 2 saturated heterocycles. The Morgan fingerprint density at radius 1 is 0.952 bits per heavy atom. The van der Waals surface area contributed by atoms with E-state index in [0.717, 1.165) is 73.5 Å². The lowest BCUT2D eigenvalue weighted by Gasteiger charge is -2.30. The summed E-state index contributed by atoms with van der Waals surface area (Å²) in [6, 6.07) is 3.44. The Morgan fingerprint density at radius 2 is 1.60 bits per heavy atom. The molecule has 0 aromatic heterocycles. The van der Waals surface area contributed by atoms with E-state index in [2.05, 4.69) is 0 Å². The monoisotopic (exact) mass is 606 g/mol. The number of hydrogen-bond donors (Lipinski definition) is 1. The van der Waals surface area contributed by atoms with E-state index < -0.39 is 59.0 Å². The van der Waals surface area contributed by atoms with E-state index in [-0.39, 0.29) is 37.9 Å². The molecule has 0 saturated carbocycles. The number of β-amino-alcohol motifs (C(OH)–C–C–N with tert-alkyl or cyclic N) is 1. The van der Waals surface area contributed by atoms with Gasteiger partial charge in [0.2, 0.25) is 0 Å². The van der Waals surface area contributed by atoms with E-state index in [4.69, 9.17) is 4.74 Å². The number of alkyl halides is 6. The molecule has 2 aliphatic rings. The van der Waals surface area contributed by atoms with E-state index in [0.29, 0.717) is 11.0 Å². The van der Waals surface area contributed by atoms with Gasteiger partial charge in [0.05, 0.1) is 17.4 Å². The Hall–Kier alpha value is -3.59. The lowest BCUT2D eigenvalue weighted by atomic mass is 10.1. The van der Waals surface area contributed by atoms with Crippen molar-refractivity contribution >= 4 is 23.5 Å². The van der Waals surface area contributed by atoms with Gasteiger partial charge < -0.3 is 19.6 Å². The number of amides is 3. The van der Waals surface area contributed by atoms with Gasteiger partial charge >= 0.3 is 24.5 Å². The Bertz CT molecular complexity index is 1280. The molecule has 1 unspecified atom stereocenters. The molecule has 4 rings (SSSR count). The number of halogens is 7. The number of hydrogen-bond acceptors (Lipinski definition) is 5. The quantitative estimate of drug-likeness (QED) is 0.417. The molecular formula is C27H29F7N4O4. The smallest absolute Gasteiger partial charge is 0.407 e. The second-order valence-electron chi connectivity index (χ2n) is 10.2. The summed E-state index contributed by atoms with van der Waals surface area (Å²) in [6.07, 6.45) is -10.1. The normalized spacial score (nSPS) is 17.5. The molecule has 2 aromatic rings. The number of aliphatic hydroxyl groups excluding tert-OH is 1. The molecule has 1 N–H and O–H groups in total. The minimum Gasteiger partial charge on any atom is -0.407 e. The second-order valence-corrected chi connectivity index (χ2v) is 10.2. The van der Waals surface area contributed by atoms with Gasteiger partial charge in [-0.3, -0.25) is 9.80 Å². The number of aliphatic hydroxyl groups is 1. The number of rotatable bonds is 7. The number of piperidine rings is 1. The van der Waals surface area contributed by atoms with Crippen molar-refractivity contribution in [3.05, 3.63) is 53.3 Å². The first-order valence-corrected chi connectivity index (χ1v) is 13.2. The largest absolute Gasteiger partial charge is 0.420 e. The minimum atomic E-state index is -5.41. The summed E-state index contributed by atoms with van der Waals surface area (Å²) in [5.41, 5.74) is -4.50. The highest BCUT2D eigenvalue weighted by atomic mass is 19.4. The van der Waals surface area contributed by atoms with Gasteiger partial charge in [-0.2, -0.15) is 26.3 Å². The molecule has 2 aliphatic heterocycles. The number of likely N-dealkylation sites (tertiary alicyclic amines) is 1. The molecule has 2 aromatic carbocycles. The lowest BCUT2D eigenvalue weighted by Crippen LogP contribution is -2.43. The van der Waals surface area contributed by atoms with Crippen molar-refractivity contribution < 1.29 is 50.2 Å². The van der Waals surface area contributed by atoms with Gasteiger partial charge in [0.1, 0.15) is 11.4 Å². The van der Waals surface area contributed by atoms with E-state index in [1.807, 2.05) is 4.90 Å². The Balaban J connectivity index is 1.66. The predicted octanol–water partition coefficient (Wildman–Crippen LogP) is 5.59. The van der Waals surface area contributed by atoms with Crippen LogP contribution in [0.25, 0.3) is 0 Å². The molecular weight excluding hydrogens is 577 g/mol. The standard InChI is InChI=1S/C27H29F7N4O4/c1-35(19-7-5-18(28)6-8-19)25(41)42-23-21(27(32,33)34)13-17(26(29,30)31)14-22(23)38-12-11-37(24(38)40)16-20(39)15-36-9-3-2-4-10-36/h5-8,13-14,20,39H,2-4,9-12,15-16H2,1H3. The van der Waals surface area contributed by atoms with Crippen LogP contribution in [0.15, 0.2) is 36.4 Å². The average molecular weight is 607 g/mol. The van der Waals surface area contributed by atoms with Crippen LogP contribution in [0, 0.1) is 5.82 Å². The van der Waals surface area contributed by atoms with Crippen LogP contribution in [-0.2, 0) is 12.4 Å². The molecule has 2 fully saturated rings. The summed E-state index contributed by atoms with van der Waals surface area (Å²) in [5, 5.41) is 10.5. The first-order valence-electron chi connectivity index (χ1n) is 13.2. The van der Waals surface area contributed by atoms with Crippen LogP contribution in [-0.4, -0.2) is 79.5 Å². The highest BCUT2D eigenvalue weighted by Gasteiger charge is 2.44. The molecule has 230 valence electrons. The van der Waals surface area contributed by atoms with Crippen molar-refractivity contribution in [1.29, 1.82) is 0 Å². The summed E-state index contributed by atoms with van der Waals surface area (Å²) in [5.74, 6) is -1.94. The van der Waals surface area contributed by atoms with Gasteiger partial charge in [0.15, 0.2) is 5.75 Å². The van der Waals surface area contributed by atoms with Gasteiger partial charge in [-0.05, 0) is 62.3 Å². The predicted molar refractivity (Wildman–Crippen MR) is 138 cm³/mol. The van der Waals surface area contributed by atoms with Crippen molar-refractivity contribution in [2.75, 3.05) is 56.1 Å². The molecule has 0 aliphatic carbocycles. The number of carbonyl (C=O) groups excluding carboxylic acids is 2. The summed E-state index contributed by atoms with van der Waals surface area (Å²) < 4.78 is 102. The molecule has 15 heteroatoms. The Morgan fingerprint density at radius 3 is 2.19 bits per heavy atom. The van der Waals surface area contributed by atoms with Crippen molar-refractivity contribution in [2.24, 2.45) is 0 Å². The number of urea groups is 1. The third-order valence-corrected chi connectivity index (χ3v) is 7.11. The zero-order chi connectivity index (χ0) is 30.8. The maximum atomic E-state index is 14.1. The van der Waals surface area contributed by atoms with Crippen LogP contribution in [0.1, 0.15) is 30.4 Å². The fourth-order valence-corrected chi connectivity index (χ4v) is 4.95. The van der Waals surface area contributed by atoms with Gasteiger partial charge in [0.25, 0.3) is 0 Å². The molecule has 3 amide bonds.